The van der Waals surface area contributed by atoms with E-state index in [0.29, 0.717) is 10.5 Å². The number of carboxylic acids is 1. The van der Waals surface area contributed by atoms with Gasteiger partial charge < -0.3 is 15.4 Å². The fourth-order valence-electron chi connectivity index (χ4n) is 2.35. The monoisotopic (exact) mass is 273 g/mol. The van der Waals surface area contributed by atoms with Gasteiger partial charge in [-0.15, -0.1) is 0 Å². The molecule has 2 heterocycles. The number of aromatic nitrogens is 1. The molecule has 1 atom stereocenters. The third-order valence-corrected chi connectivity index (χ3v) is 3.25. The van der Waals surface area contributed by atoms with Crippen molar-refractivity contribution in [1.29, 1.82) is 0 Å². The molecule has 1 aliphatic heterocycles. The number of aromatic amines is 1. The first-order valence-electron chi connectivity index (χ1n) is 5.97. The molecule has 7 nitrogen and oxygen atoms in total. The molecule has 0 bridgehead atoms. The van der Waals surface area contributed by atoms with Crippen molar-refractivity contribution in [3.8, 4) is 0 Å². The molecule has 1 aromatic heterocycles. The number of nitrogens with zero attached hydrogens (tertiary/aromatic N) is 1. The Balaban J connectivity index is 1.97. The highest BCUT2D eigenvalue weighted by Gasteiger charge is 2.40. The average molecular weight is 273 g/mol. The first-order valence-corrected chi connectivity index (χ1v) is 5.97. The lowest BCUT2D eigenvalue weighted by Gasteiger charge is -2.09. The third-order valence-electron chi connectivity index (χ3n) is 3.25. The predicted molar refractivity (Wildman–Crippen MR) is 68.9 cm³/mol. The Kier molecular flexibility index (Phi) is 2.67. The van der Waals surface area contributed by atoms with Crippen LogP contribution in [-0.4, -0.2) is 39.4 Å². The van der Waals surface area contributed by atoms with Crippen LogP contribution in [0.4, 0.5) is 4.79 Å². The fourth-order valence-corrected chi connectivity index (χ4v) is 2.35. The van der Waals surface area contributed by atoms with Crippen molar-refractivity contribution in [2.24, 2.45) is 0 Å². The molecule has 1 saturated heterocycles. The second-order valence-electron chi connectivity index (χ2n) is 4.49. The van der Waals surface area contributed by atoms with Gasteiger partial charge in [0, 0.05) is 22.7 Å². The van der Waals surface area contributed by atoms with E-state index < -0.39 is 30.5 Å². The van der Waals surface area contributed by atoms with E-state index in [4.69, 9.17) is 5.11 Å². The molecule has 3 rings (SSSR count). The number of hydrogen-bond acceptors (Lipinski definition) is 3. The van der Waals surface area contributed by atoms with Gasteiger partial charge in [0.1, 0.15) is 12.6 Å². The Bertz CT molecular complexity index is 721. The van der Waals surface area contributed by atoms with Gasteiger partial charge in [-0.1, -0.05) is 18.2 Å². The Labute approximate surface area is 113 Å². The number of carbonyl (C=O) groups is 3. The van der Waals surface area contributed by atoms with E-state index in [0.717, 1.165) is 10.9 Å². The minimum absolute atomic E-state index is 0.554. The molecule has 3 N–H and O–H groups in total. The summed E-state index contributed by atoms with van der Waals surface area (Å²) >= 11 is 0. The molecule has 7 heteroatoms. The lowest BCUT2D eigenvalue weighted by atomic mass is 10.1. The van der Waals surface area contributed by atoms with E-state index in [2.05, 4.69) is 10.3 Å². The van der Waals surface area contributed by atoms with Crippen molar-refractivity contribution in [2.45, 2.75) is 6.04 Å². The van der Waals surface area contributed by atoms with Crippen molar-refractivity contribution in [1.82, 2.24) is 15.2 Å². The number of imide groups is 1. The van der Waals surface area contributed by atoms with Crippen LogP contribution in [0.3, 0.4) is 0 Å². The number of nitrogens with one attached hydrogen (secondary N) is 2. The Morgan fingerprint density at radius 3 is 2.80 bits per heavy atom. The second-order valence-corrected chi connectivity index (χ2v) is 4.49. The number of carbonyl (C=O) groups excluding carboxylic acids is 2. The molecule has 0 saturated carbocycles. The van der Waals surface area contributed by atoms with Crippen LogP contribution >= 0.6 is 0 Å². The normalized spacial score (nSPS) is 18.6. The topological polar surface area (TPSA) is 102 Å². The van der Waals surface area contributed by atoms with Gasteiger partial charge in [-0.25, -0.2) is 4.79 Å². The van der Waals surface area contributed by atoms with Crippen LogP contribution in [0.1, 0.15) is 11.6 Å². The van der Waals surface area contributed by atoms with Gasteiger partial charge in [0.25, 0.3) is 5.91 Å². The fraction of sp³-hybridized carbons (Fsp3) is 0.154. The summed E-state index contributed by atoms with van der Waals surface area (Å²) in [5.74, 6) is -1.78. The van der Waals surface area contributed by atoms with Gasteiger partial charge in [0.05, 0.1) is 0 Å². The van der Waals surface area contributed by atoms with Crippen LogP contribution in [0.25, 0.3) is 10.9 Å². The largest absolute Gasteiger partial charge is 0.480 e. The summed E-state index contributed by atoms with van der Waals surface area (Å²) in [4.78, 5) is 38.2. The maximum Gasteiger partial charge on any atom is 0.325 e. The highest BCUT2D eigenvalue weighted by molar-refractivity contribution is 6.07. The van der Waals surface area contributed by atoms with Crippen molar-refractivity contribution in [3.05, 3.63) is 36.0 Å². The number of hydrogen-bond donors (Lipinski definition) is 3. The van der Waals surface area contributed by atoms with Gasteiger partial charge in [0.15, 0.2) is 0 Å². The predicted octanol–water partition coefficient (Wildman–Crippen LogP) is 0.845. The van der Waals surface area contributed by atoms with Gasteiger partial charge in [-0.2, -0.15) is 0 Å². The molecule has 0 radical (unpaired) electrons. The van der Waals surface area contributed by atoms with Crippen LogP contribution in [0.15, 0.2) is 30.5 Å². The van der Waals surface area contributed by atoms with Crippen LogP contribution in [-0.2, 0) is 9.59 Å². The third kappa shape index (κ3) is 1.80. The van der Waals surface area contributed by atoms with Crippen LogP contribution in [0.2, 0.25) is 0 Å². The summed E-state index contributed by atoms with van der Waals surface area (Å²) in [7, 11) is 0. The lowest BCUT2D eigenvalue weighted by Crippen LogP contribution is -2.35. The molecule has 0 unspecified atom stereocenters. The number of fused-ring (bicyclic) bond motifs is 1. The SMILES string of the molecule is O=C(O)CN1C(=O)N[C@H](c2c[nH]c3ccccc23)C1=O. The summed E-state index contributed by atoms with van der Waals surface area (Å²) in [6.07, 6.45) is 1.65. The second kappa shape index (κ2) is 4.37. The van der Waals surface area contributed by atoms with Gasteiger partial charge in [0.2, 0.25) is 0 Å². The standard InChI is InChI=1S/C13H11N3O4/c17-10(18)6-16-12(19)11(15-13(16)20)8-5-14-9-4-2-1-3-7(8)9/h1-5,11,14H,6H2,(H,15,20)(H,17,18)/t11-/m1/s1. The van der Waals surface area contributed by atoms with Crippen LogP contribution in [0, 0.1) is 0 Å². The molecule has 3 amide bonds. The molecular formula is C13H11N3O4. The average Bonchev–Trinajstić information content (AvgIpc) is 2.94. The number of H-pyrrole nitrogens is 1. The maximum atomic E-state index is 12.2. The van der Waals surface area contributed by atoms with Crippen LogP contribution < -0.4 is 5.32 Å². The summed E-state index contributed by atoms with van der Waals surface area (Å²) < 4.78 is 0. The zero-order valence-electron chi connectivity index (χ0n) is 10.3. The van der Waals surface area contributed by atoms with Crippen molar-refractivity contribution in [2.75, 3.05) is 6.54 Å². The number of urea groups is 1. The zero-order valence-corrected chi connectivity index (χ0v) is 10.3. The minimum Gasteiger partial charge on any atom is -0.480 e. The molecule has 2 aromatic rings. The number of para-hydroxylation sites is 1. The Morgan fingerprint density at radius 2 is 2.05 bits per heavy atom. The molecule has 102 valence electrons. The quantitative estimate of drug-likeness (QED) is 0.721. The molecule has 1 aromatic carbocycles. The van der Waals surface area contributed by atoms with E-state index in [1.54, 1.807) is 6.20 Å². The molecule has 1 aliphatic rings. The zero-order chi connectivity index (χ0) is 14.3. The smallest absolute Gasteiger partial charge is 0.325 e. The summed E-state index contributed by atoms with van der Waals surface area (Å²) in [5, 5.41) is 12.0. The molecule has 0 spiro atoms. The maximum absolute atomic E-state index is 12.2. The lowest BCUT2D eigenvalue weighted by molar-refractivity contribution is -0.141. The number of benzene rings is 1. The molecular weight excluding hydrogens is 262 g/mol. The van der Waals surface area contributed by atoms with Crippen molar-refractivity contribution in [3.63, 3.8) is 0 Å². The first kappa shape index (κ1) is 12.2. The van der Waals surface area contributed by atoms with Crippen molar-refractivity contribution >= 4 is 28.8 Å². The van der Waals surface area contributed by atoms with Gasteiger partial charge >= 0.3 is 12.0 Å². The number of amides is 3. The first-order chi connectivity index (χ1) is 9.58. The minimum atomic E-state index is -1.23. The Morgan fingerprint density at radius 1 is 1.30 bits per heavy atom. The number of aliphatic carboxylic acids is 1. The van der Waals surface area contributed by atoms with E-state index in [-0.39, 0.29) is 0 Å². The molecule has 0 aliphatic carbocycles. The highest BCUT2D eigenvalue weighted by atomic mass is 16.4. The number of carboxylic acid groups (broad SMARTS) is 1. The highest BCUT2D eigenvalue weighted by Crippen LogP contribution is 2.28. The van der Waals surface area contributed by atoms with E-state index >= 15 is 0 Å². The van der Waals surface area contributed by atoms with Gasteiger partial charge in [-0.3, -0.25) is 14.5 Å². The Hall–Kier alpha value is -2.83. The summed E-state index contributed by atoms with van der Waals surface area (Å²) in [6.45, 7) is -0.635. The summed E-state index contributed by atoms with van der Waals surface area (Å²) in [5.41, 5.74) is 1.48. The summed E-state index contributed by atoms with van der Waals surface area (Å²) in [6, 6.07) is 5.84. The van der Waals surface area contributed by atoms with E-state index in [1.165, 1.54) is 0 Å². The van der Waals surface area contributed by atoms with Gasteiger partial charge in [-0.05, 0) is 6.07 Å². The molecule has 1 fully saturated rings. The van der Waals surface area contributed by atoms with Crippen LogP contribution in [0.5, 0.6) is 0 Å². The van der Waals surface area contributed by atoms with Crippen molar-refractivity contribution < 1.29 is 19.5 Å². The molecule has 20 heavy (non-hydrogen) atoms. The number of rotatable bonds is 3. The van der Waals surface area contributed by atoms with E-state index in [9.17, 15) is 14.4 Å². The van der Waals surface area contributed by atoms with E-state index in [1.807, 2.05) is 24.3 Å².